The van der Waals surface area contributed by atoms with E-state index in [9.17, 15) is 14.3 Å². The van der Waals surface area contributed by atoms with Crippen molar-refractivity contribution in [3.63, 3.8) is 0 Å². The zero-order valence-electron chi connectivity index (χ0n) is 13.1. The predicted octanol–water partition coefficient (Wildman–Crippen LogP) is 3.41. The number of hydrogen-bond donors (Lipinski definition) is 1. The Hall–Kier alpha value is -1.49. The molecule has 0 amide bonds. The third-order valence-corrected chi connectivity index (χ3v) is 4.27. The maximum atomic E-state index is 14.3. The first kappa shape index (κ1) is 20.2. The fourth-order valence-electron chi connectivity index (χ4n) is 2.61. The molecule has 0 aliphatic rings. The van der Waals surface area contributed by atoms with E-state index < -0.39 is 11.8 Å². The summed E-state index contributed by atoms with van der Waals surface area (Å²) in [7, 11) is 0. The van der Waals surface area contributed by atoms with Gasteiger partial charge in [0.05, 0.1) is 17.1 Å². The van der Waals surface area contributed by atoms with Crippen LogP contribution in [0.25, 0.3) is 28.3 Å². The number of rotatable bonds is 3. The molecule has 4 aromatic rings. The third-order valence-electron chi connectivity index (χ3n) is 3.78. The molecule has 0 saturated heterocycles. The first-order valence-electron chi connectivity index (χ1n) is 7.54. The van der Waals surface area contributed by atoms with Gasteiger partial charge in [-0.2, -0.15) is 5.10 Å². The molecule has 1 aromatic carbocycles. The molecule has 4 rings (SSSR count). The molecular formula is C18H11BrFKN4O2. The van der Waals surface area contributed by atoms with Crippen molar-refractivity contribution < 1.29 is 14.3 Å². The van der Waals surface area contributed by atoms with Crippen LogP contribution in [0.4, 0.5) is 4.39 Å². The van der Waals surface area contributed by atoms with Gasteiger partial charge in [0.2, 0.25) is 0 Å². The van der Waals surface area contributed by atoms with Crippen molar-refractivity contribution in [1.29, 1.82) is 0 Å². The summed E-state index contributed by atoms with van der Waals surface area (Å²) in [5.74, 6) is -1.61. The summed E-state index contributed by atoms with van der Waals surface area (Å²) in [6.07, 6.45) is 1.60. The monoisotopic (exact) mass is 452 g/mol. The number of aromatic carboxylic acids is 1. The molecule has 0 aliphatic carbocycles. The van der Waals surface area contributed by atoms with E-state index in [0.29, 0.717) is 32.8 Å². The molecule has 0 bridgehead atoms. The number of pyridine rings is 1. The van der Waals surface area contributed by atoms with Gasteiger partial charge in [-0.25, -0.2) is 18.7 Å². The van der Waals surface area contributed by atoms with Gasteiger partial charge in [-0.05, 0) is 36.4 Å². The van der Waals surface area contributed by atoms with Gasteiger partial charge in [0, 0.05) is 22.3 Å². The molecule has 3 heterocycles. The van der Waals surface area contributed by atoms with E-state index in [0.717, 1.165) is 0 Å². The van der Waals surface area contributed by atoms with Gasteiger partial charge >= 0.3 is 57.4 Å². The molecule has 0 fully saturated rings. The second-order valence-corrected chi connectivity index (χ2v) is 6.39. The SMILES string of the molecule is O=C(O)c1cc(-c2ccccn2)n2nc(-c3ccc(Br)cc3F)cc2n1.[KH]. The summed E-state index contributed by atoms with van der Waals surface area (Å²) >= 11 is 3.22. The van der Waals surface area contributed by atoms with Gasteiger partial charge in [-0.3, -0.25) is 4.98 Å². The van der Waals surface area contributed by atoms with Crippen LogP contribution in [0, 0.1) is 5.82 Å². The topological polar surface area (TPSA) is 80.4 Å². The molecule has 130 valence electrons. The fraction of sp³-hybridized carbons (Fsp3) is 0. The van der Waals surface area contributed by atoms with Crippen LogP contribution in [0.3, 0.4) is 0 Å². The Morgan fingerprint density at radius 2 is 1.93 bits per heavy atom. The number of nitrogens with zero attached hydrogens (tertiary/aromatic N) is 4. The van der Waals surface area contributed by atoms with Crippen LogP contribution in [0.15, 0.2) is 59.2 Å². The second kappa shape index (κ2) is 8.25. The molecule has 0 aliphatic heterocycles. The van der Waals surface area contributed by atoms with Crippen LogP contribution in [0.1, 0.15) is 10.5 Å². The number of aromatic nitrogens is 4. The van der Waals surface area contributed by atoms with Gasteiger partial charge in [-0.1, -0.05) is 22.0 Å². The summed E-state index contributed by atoms with van der Waals surface area (Å²) in [5, 5.41) is 13.8. The quantitative estimate of drug-likeness (QED) is 0.481. The molecule has 0 unspecified atom stereocenters. The van der Waals surface area contributed by atoms with Crippen molar-refractivity contribution in [2.45, 2.75) is 0 Å². The Morgan fingerprint density at radius 1 is 1.11 bits per heavy atom. The van der Waals surface area contributed by atoms with E-state index >= 15 is 0 Å². The van der Waals surface area contributed by atoms with Crippen molar-refractivity contribution in [3.8, 4) is 22.6 Å². The van der Waals surface area contributed by atoms with Gasteiger partial charge < -0.3 is 5.11 Å². The number of benzene rings is 1. The Labute approximate surface area is 204 Å². The predicted molar refractivity (Wildman–Crippen MR) is 103 cm³/mol. The second-order valence-electron chi connectivity index (χ2n) is 5.47. The van der Waals surface area contributed by atoms with E-state index in [-0.39, 0.29) is 57.1 Å². The number of halogens is 2. The van der Waals surface area contributed by atoms with E-state index in [1.54, 1.807) is 42.6 Å². The van der Waals surface area contributed by atoms with E-state index in [2.05, 4.69) is 31.0 Å². The molecule has 0 radical (unpaired) electrons. The van der Waals surface area contributed by atoms with Crippen LogP contribution >= 0.6 is 15.9 Å². The number of carboxylic acids is 1. The van der Waals surface area contributed by atoms with Gasteiger partial charge in [0.25, 0.3) is 0 Å². The average molecular weight is 453 g/mol. The molecule has 0 saturated carbocycles. The van der Waals surface area contributed by atoms with Crippen LogP contribution in [-0.2, 0) is 0 Å². The molecule has 0 spiro atoms. The molecular weight excluding hydrogens is 442 g/mol. The first-order valence-corrected chi connectivity index (χ1v) is 8.33. The molecule has 1 N–H and O–H groups in total. The number of carbonyl (C=O) groups is 1. The number of fused-ring (bicyclic) bond motifs is 1. The first-order chi connectivity index (χ1) is 12.5. The van der Waals surface area contributed by atoms with Gasteiger partial charge in [0.15, 0.2) is 11.3 Å². The Bertz CT molecular complexity index is 1150. The van der Waals surface area contributed by atoms with Crippen LogP contribution in [0.2, 0.25) is 0 Å². The average Bonchev–Trinajstić information content (AvgIpc) is 3.05. The summed E-state index contributed by atoms with van der Waals surface area (Å²) in [6, 6.07) is 12.9. The Morgan fingerprint density at radius 3 is 2.59 bits per heavy atom. The van der Waals surface area contributed by atoms with Gasteiger partial charge in [0.1, 0.15) is 5.82 Å². The normalized spacial score (nSPS) is 10.6. The Balaban J connectivity index is 0.00000210. The van der Waals surface area contributed by atoms with Crippen LogP contribution in [0.5, 0.6) is 0 Å². The van der Waals surface area contributed by atoms with Crippen molar-refractivity contribution in [1.82, 2.24) is 19.6 Å². The summed E-state index contributed by atoms with van der Waals surface area (Å²) < 4.78 is 16.4. The van der Waals surface area contributed by atoms with Crippen molar-refractivity contribution in [2.24, 2.45) is 0 Å². The van der Waals surface area contributed by atoms with E-state index in [1.807, 2.05) is 0 Å². The zero-order valence-corrected chi connectivity index (χ0v) is 14.7. The van der Waals surface area contributed by atoms with Crippen molar-refractivity contribution >= 4 is 78.9 Å². The zero-order chi connectivity index (χ0) is 18.3. The van der Waals surface area contributed by atoms with Crippen LogP contribution < -0.4 is 0 Å². The molecule has 0 atom stereocenters. The molecule has 3 aromatic heterocycles. The third kappa shape index (κ3) is 4.03. The van der Waals surface area contributed by atoms with E-state index in [4.69, 9.17) is 0 Å². The number of hydrogen-bond acceptors (Lipinski definition) is 4. The standard InChI is InChI=1S/C18H10BrFN4O2.K.H/c19-10-4-5-11(12(20)7-10)14-9-17-22-15(18(25)26)8-16(24(17)23-14)13-3-1-2-6-21-13;;/h1-9H,(H,25,26);;. The molecule has 6 nitrogen and oxygen atoms in total. The Kier molecular flexibility index (Phi) is 6.19. The maximum absolute atomic E-state index is 14.3. The number of carboxylic acid groups (broad SMARTS) is 1. The van der Waals surface area contributed by atoms with Crippen LogP contribution in [-0.4, -0.2) is 82.0 Å². The summed E-state index contributed by atoms with van der Waals surface area (Å²) in [5.41, 5.74) is 1.79. The molecule has 27 heavy (non-hydrogen) atoms. The summed E-state index contributed by atoms with van der Waals surface area (Å²) in [6.45, 7) is 0. The minimum atomic E-state index is -1.16. The van der Waals surface area contributed by atoms with Gasteiger partial charge in [-0.15, -0.1) is 0 Å². The van der Waals surface area contributed by atoms with E-state index in [1.165, 1.54) is 16.6 Å². The van der Waals surface area contributed by atoms with Crippen molar-refractivity contribution in [2.75, 3.05) is 0 Å². The molecule has 9 heteroatoms. The minimum absolute atomic E-state index is 0. The fourth-order valence-corrected chi connectivity index (χ4v) is 2.94. The van der Waals surface area contributed by atoms with Crippen molar-refractivity contribution in [3.05, 3.63) is 70.7 Å². The summed E-state index contributed by atoms with van der Waals surface area (Å²) in [4.78, 5) is 19.8.